The summed E-state index contributed by atoms with van der Waals surface area (Å²) in [4.78, 5) is 12.0. The van der Waals surface area contributed by atoms with Gasteiger partial charge in [0.2, 0.25) is 5.91 Å². The smallest absolute Gasteiger partial charge is 0.234 e. The van der Waals surface area contributed by atoms with Crippen molar-refractivity contribution in [3.05, 3.63) is 29.3 Å². The van der Waals surface area contributed by atoms with E-state index in [4.69, 9.17) is 5.73 Å². The molecule has 0 bridgehead atoms. The van der Waals surface area contributed by atoms with Crippen molar-refractivity contribution in [1.29, 1.82) is 0 Å². The summed E-state index contributed by atoms with van der Waals surface area (Å²) in [5.74, 6) is -0.355. The molecule has 2 aromatic heterocycles. The second-order valence-corrected chi connectivity index (χ2v) is 4.70. The van der Waals surface area contributed by atoms with Crippen LogP contribution in [0.5, 0.6) is 0 Å². The lowest BCUT2D eigenvalue weighted by Gasteiger charge is -2.09. The lowest BCUT2D eigenvalue weighted by molar-refractivity contribution is -0.119. The molecule has 0 saturated carbocycles. The van der Waals surface area contributed by atoms with Gasteiger partial charge in [0.25, 0.3) is 0 Å². The molecular formula is C11H14N4OS. The van der Waals surface area contributed by atoms with Crippen LogP contribution in [0.1, 0.15) is 12.5 Å². The summed E-state index contributed by atoms with van der Waals surface area (Å²) in [5.41, 5.74) is 7.20. The average Bonchev–Trinajstić information content (AvgIpc) is 2.95. The summed E-state index contributed by atoms with van der Waals surface area (Å²) in [6.45, 7) is 2.31. The maximum absolute atomic E-state index is 10.9. The van der Waals surface area contributed by atoms with E-state index >= 15 is 0 Å². The molecule has 17 heavy (non-hydrogen) atoms. The quantitative estimate of drug-likeness (QED) is 0.743. The number of carbonyl (C=O) groups is 1. The van der Waals surface area contributed by atoms with Gasteiger partial charge in [0.05, 0.1) is 22.8 Å². The molecule has 0 aliphatic rings. The number of nitrogens with zero attached hydrogens (tertiary/aromatic N) is 1. The normalized spacial score (nSPS) is 12.5. The predicted molar refractivity (Wildman–Crippen MR) is 67.4 cm³/mol. The van der Waals surface area contributed by atoms with Crippen molar-refractivity contribution >= 4 is 17.2 Å². The Balaban J connectivity index is 2.08. The molecule has 1 atom stereocenters. The van der Waals surface area contributed by atoms with Crippen LogP contribution < -0.4 is 11.1 Å². The number of amides is 1. The Kier molecular flexibility index (Phi) is 3.55. The molecule has 2 aromatic rings. The van der Waals surface area contributed by atoms with Crippen LogP contribution in [-0.4, -0.2) is 22.1 Å². The van der Waals surface area contributed by atoms with E-state index in [0.29, 0.717) is 6.54 Å². The minimum Gasteiger partial charge on any atom is -0.368 e. The zero-order valence-electron chi connectivity index (χ0n) is 9.43. The molecule has 4 N–H and O–H groups in total. The summed E-state index contributed by atoms with van der Waals surface area (Å²) in [7, 11) is 0. The number of primary amides is 1. The number of hydrogen-bond acceptors (Lipinski definition) is 4. The monoisotopic (exact) mass is 250 g/mol. The second kappa shape index (κ2) is 5.11. The number of H-pyrrole nitrogens is 1. The van der Waals surface area contributed by atoms with Gasteiger partial charge in [0, 0.05) is 12.1 Å². The highest BCUT2D eigenvalue weighted by Gasteiger charge is 2.11. The molecule has 1 amide bonds. The van der Waals surface area contributed by atoms with Gasteiger partial charge >= 0.3 is 0 Å². The molecular weight excluding hydrogens is 236 g/mol. The van der Waals surface area contributed by atoms with Gasteiger partial charge < -0.3 is 11.1 Å². The second-order valence-electron chi connectivity index (χ2n) is 3.75. The van der Waals surface area contributed by atoms with Crippen LogP contribution in [0.4, 0.5) is 0 Å². The zero-order chi connectivity index (χ0) is 12.3. The zero-order valence-corrected chi connectivity index (χ0v) is 10.3. The van der Waals surface area contributed by atoms with Gasteiger partial charge in [-0.05, 0) is 18.4 Å². The van der Waals surface area contributed by atoms with Crippen molar-refractivity contribution in [2.75, 3.05) is 0 Å². The lowest BCUT2D eigenvalue weighted by atomic mass is 10.2. The molecule has 90 valence electrons. The van der Waals surface area contributed by atoms with E-state index in [-0.39, 0.29) is 11.9 Å². The van der Waals surface area contributed by atoms with Crippen LogP contribution in [0.2, 0.25) is 0 Å². The van der Waals surface area contributed by atoms with Crippen LogP contribution in [0.25, 0.3) is 10.6 Å². The Labute approximate surface area is 103 Å². The third-order valence-corrected chi connectivity index (χ3v) is 3.40. The predicted octanol–water partition coefficient (Wildman–Crippen LogP) is 1.10. The van der Waals surface area contributed by atoms with Crippen molar-refractivity contribution in [2.24, 2.45) is 5.73 Å². The topological polar surface area (TPSA) is 83.8 Å². The van der Waals surface area contributed by atoms with Gasteiger partial charge in [0.1, 0.15) is 0 Å². The van der Waals surface area contributed by atoms with Crippen molar-refractivity contribution < 1.29 is 4.79 Å². The van der Waals surface area contributed by atoms with Crippen molar-refractivity contribution in [2.45, 2.75) is 19.5 Å². The maximum atomic E-state index is 10.9. The van der Waals surface area contributed by atoms with E-state index in [1.807, 2.05) is 17.5 Å². The Bertz CT molecular complexity index is 491. The van der Waals surface area contributed by atoms with Gasteiger partial charge in [-0.2, -0.15) is 5.10 Å². The molecule has 0 aliphatic carbocycles. The fraction of sp³-hybridized carbons (Fsp3) is 0.273. The first kappa shape index (κ1) is 11.8. The molecule has 6 heteroatoms. The van der Waals surface area contributed by atoms with E-state index in [1.54, 1.807) is 24.5 Å². The number of aromatic amines is 1. The first-order chi connectivity index (χ1) is 8.18. The van der Waals surface area contributed by atoms with Gasteiger partial charge in [-0.1, -0.05) is 6.07 Å². The van der Waals surface area contributed by atoms with Crippen molar-refractivity contribution in [3.63, 3.8) is 0 Å². The number of aromatic nitrogens is 2. The Morgan fingerprint density at radius 2 is 2.53 bits per heavy atom. The van der Waals surface area contributed by atoms with E-state index in [9.17, 15) is 4.79 Å². The van der Waals surface area contributed by atoms with Crippen molar-refractivity contribution in [1.82, 2.24) is 15.5 Å². The van der Waals surface area contributed by atoms with Crippen LogP contribution in [0.15, 0.2) is 23.7 Å². The maximum Gasteiger partial charge on any atom is 0.234 e. The molecule has 0 saturated heterocycles. The minimum atomic E-state index is -0.355. The van der Waals surface area contributed by atoms with E-state index < -0.39 is 0 Å². The van der Waals surface area contributed by atoms with Crippen LogP contribution in [-0.2, 0) is 11.3 Å². The highest BCUT2D eigenvalue weighted by atomic mass is 32.1. The van der Waals surface area contributed by atoms with E-state index in [2.05, 4.69) is 15.5 Å². The highest BCUT2D eigenvalue weighted by molar-refractivity contribution is 7.13. The molecule has 0 radical (unpaired) electrons. The first-order valence-corrected chi connectivity index (χ1v) is 6.15. The number of rotatable bonds is 5. The van der Waals surface area contributed by atoms with Gasteiger partial charge in [-0.25, -0.2) is 0 Å². The summed E-state index contributed by atoms with van der Waals surface area (Å²) in [6.07, 6.45) is 1.76. The molecule has 0 spiro atoms. The van der Waals surface area contributed by atoms with Crippen LogP contribution in [0, 0.1) is 0 Å². The molecule has 0 aliphatic heterocycles. The number of nitrogens with one attached hydrogen (secondary N) is 2. The molecule has 0 fully saturated rings. The largest absolute Gasteiger partial charge is 0.368 e. The molecule has 2 rings (SSSR count). The fourth-order valence-electron chi connectivity index (χ4n) is 1.44. The summed E-state index contributed by atoms with van der Waals surface area (Å²) >= 11 is 1.64. The van der Waals surface area contributed by atoms with Crippen LogP contribution in [0.3, 0.4) is 0 Å². The van der Waals surface area contributed by atoms with Gasteiger partial charge in [-0.3, -0.25) is 9.89 Å². The Hall–Kier alpha value is -1.66. The molecule has 1 unspecified atom stereocenters. The average molecular weight is 250 g/mol. The standard InChI is InChI=1S/C11H14N4OS/c1-7(11(12)16)13-5-8-6-14-15-10(8)9-3-2-4-17-9/h2-4,6-7,13H,5H2,1H3,(H2,12,16)(H,14,15). The first-order valence-electron chi connectivity index (χ1n) is 5.27. The summed E-state index contributed by atoms with van der Waals surface area (Å²) < 4.78 is 0. The Morgan fingerprint density at radius 3 is 3.18 bits per heavy atom. The van der Waals surface area contributed by atoms with E-state index in [1.165, 1.54) is 0 Å². The van der Waals surface area contributed by atoms with E-state index in [0.717, 1.165) is 16.1 Å². The Morgan fingerprint density at radius 1 is 1.71 bits per heavy atom. The molecule has 2 heterocycles. The lowest BCUT2D eigenvalue weighted by Crippen LogP contribution is -2.38. The third-order valence-electron chi connectivity index (χ3n) is 2.51. The third kappa shape index (κ3) is 2.72. The fourth-order valence-corrected chi connectivity index (χ4v) is 2.20. The number of thiophene rings is 1. The SMILES string of the molecule is CC(NCc1cn[nH]c1-c1cccs1)C(N)=O. The number of carbonyl (C=O) groups excluding carboxylic acids is 1. The number of nitrogens with two attached hydrogens (primary N) is 1. The van der Waals surface area contributed by atoms with Crippen molar-refractivity contribution in [3.8, 4) is 10.6 Å². The number of hydrogen-bond donors (Lipinski definition) is 3. The highest BCUT2D eigenvalue weighted by Crippen LogP contribution is 2.25. The van der Waals surface area contributed by atoms with Gasteiger partial charge in [-0.15, -0.1) is 11.3 Å². The molecule has 0 aromatic carbocycles. The minimum absolute atomic E-state index is 0.346. The summed E-state index contributed by atoms with van der Waals surface area (Å²) in [5, 5.41) is 12.1. The summed E-state index contributed by atoms with van der Waals surface area (Å²) in [6, 6.07) is 3.67. The van der Waals surface area contributed by atoms with Crippen LogP contribution >= 0.6 is 11.3 Å². The molecule has 5 nitrogen and oxygen atoms in total. The van der Waals surface area contributed by atoms with Gasteiger partial charge in [0.15, 0.2) is 0 Å².